The van der Waals surface area contributed by atoms with E-state index in [2.05, 4.69) is 5.32 Å². The summed E-state index contributed by atoms with van der Waals surface area (Å²) >= 11 is 5.95. The van der Waals surface area contributed by atoms with Gasteiger partial charge in [0.25, 0.3) is 5.91 Å². The molecule has 0 aliphatic heterocycles. The molecule has 0 radical (unpaired) electrons. The van der Waals surface area contributed by atoms with Gasteiger partial charge in [-0.2, -0.15) is 0 Å². The van der Waals surface area contributed by atoms with E-state index in [0.29, 0.717) is 17.2 Å². The number of ether oxygens (including phenoxy) is 1. The zero-order chi connectivity index (χ0) is 21.4. The fourth-order valence-corrected chi connectivity index (χ4v) is 2.97. The van der Waals surface area contributed by atoms with Gasteiger partial charge in [-0.05, 0) is 62.2 Å². The second-order valence-corrected chi connectivity index (χ2v) is 7.41. The summed E-state index contributed by atoms with van der Waals surface area (Å²) in [6.07, 6.45) is 0.453. The van der Waals surface area contributed by atoms with Gasteiger partial charge in [-0.1, -0.05) is 30.7 Å². The van der Waals surface area contributed by atoms with E-state index in [1.165, 1.54) is 29.2 Å². The van der Waals surface area contributed by atoms with E-state index in [4.69, 9.17) is 16.3 Å². The average molecular weight is 421 g/mol. The van der Waals surface area contributed by atoms with Gasteiger partial charge in [-0.15, -0.1) is 0 Å². The molecule has 0 saturated heterocycles. The number of nitrogens with one attached hydrogen (secondary N) is 1. The molecular weight excluding hydrogens is 395 g/mol. The van der Waals surface area contributed by atoms with Crippen LogP contribution in [0.15, 0.2) is 48.5 Å². The Kier molecular flexibility index (Phi) is 8.46. The lowest BCUT2D eigenvalue weighted by Gasteiger charge is -2.31. The van der Waals surface area contributed by atoms with Gasteiger partial charge >= 0.3 is 0 Å². The number of benzene rings is 2. The first-order chi connectivity index (χ1) is 13.8. The lowest BCUT2D eigenvalue weighted by Crippen LogP contribution is -2.51. The lowest BCUT2D eigenvalue weighted by molar-refractivity contribution is -0.143. The Morgan fingerprint density at radius 2 is 1.72 bits per heavy atom. The first kappa shape index (κ1) is 22.7. The van der Waals surface area contributed by atoms with Crippen LogP contribution in [0, 0.1) is 5.82 Å². The van der Waals surface area contributed by atoms with Crippen LogP contribution in [0.4, 0.5) is 4.39 Å². The third kappa shape index (κ3) is 7.06. The highest BCUT2D eigenvalue weighted by Gasteiger charge is 2.29. The van der Waals surface area contributed by atoms with Crippen molar-refractivity contribution in [3.05, 3.63) is 64.9 Å². The normalized spacial score (nSPS) is 11.8. The number of carbonyl (C=O) groups is 2. The van der Waals surface area contributed by atoms with E-state index in [9.17, 15) is 14.0 Å². The molecule has 0 aliphatic rings. The first-order valence-corrected chi connectivity index (χ1v) is 9.90. The molecule has 2 aromatic carbocycles. The SMILES string of the molecule is CC[C@H](C(=O)NC(C)C)N(Cc1ccc(Cl)cc1)C(=O)COc1ccc(F)cc1. The van der Waals surface area contributed by atoms with E-state index in [1.807, 2.05) is 32.9 Å². The van der Waals surface area contributed by atoms with Crippen LogP contribution in [0.25, 0.3) is 0 Å². The van der Waals surface area contributed by atoms with Gasteiger partial charge < -0.3 is 15.0 Å². The Balaban J connectivity index is 2.18. The highest BCUT2D eigenvalue weighted by Crippen LogP contribution is 2.17. The van der Waals surface area contributed by atoms with Gasteiger partial charge in [-0.25, -0.2) is 4.39 Å². The van der Waals surface area contributed by atoms with Crippen molar-refractivity contribution in [1.29, 1.82) is 0 Å². The molecule has 1 N–H and O–H groups in total. The van der Waals surface area contributed by atoms with E-state index in [-0.39, 0.29) is 36.8 Å². The molecule has 0 unspecified atom stereocenters. The van der Waals surface area contributed by atoms with Crippen molar-refractivity contribution in [2.75, 3.05) is 6.61 Å². The van der Waals surface area contributed by atoms with Crippen LogP contribution >= 0.6 is 11.6 Å². The van der Waals surface area contributed by atoms with Crippen molar-refractivity contribution in [3.63, 3.8) is 0 Å². The molecule has 156 valence electrons. The number of amides is 2. The molecule has 1 atom stereocenters. The fraction of sp³-hybridized carbons (Fsp3) is 0.364. The summed E-state index contributed by atoms with van der Waals surface area (Å²) in [5.41, 5.74) is 0.848. The predicted molar refractivity (Wildman–Crippen MR) is 111 cm³/mol. The third-order valence-corrected chi connectivity index (χ3v) is 4.51. The van der Waals surface area contributed by atoms with Crippen molar-refractivity contribution in [3.8, 4) is 5.75 Å². The van der Waals surface area contributed by atoms with Crippen molar-refractivity contribution < 1.29 is 18.7 Å². The Labute approximate surface area is 175 Å². The van der Waals surface area contributed by atoms with Crippen LogP contribution in [0.5, 0.6) is 5.75 Å². The third-order valence-electron chi connectivity index (χ3n) is 4.26. The molecule has 5 nitrogen and oxygen atoms in total. The zero-order valence-electron chi connectivity index (χ0n) is 16.8. The largest absolute Gasteiger partial charge is 0.484 e. The zero-order valence-corrected chi connectivity index (χ0v) is 17.6. The van der Waals surface area contributed by atoms with Gasteiger partial charge in [0.2, 0.25) is 5.91 Å². The summed E-state index contributed by atoms with van der Waals surface area (Å²) in [5.74, 6) is -0.558. The number of nitrogens with zero attached hydrogens (tertiary/aromatic N) is 1. The smallest absolute Gasteiger partial charge is 0.261 e. The maximum absolute atomic E-state index is 13.0. The molecule has 0 saturated carbocycles. The number of hydrogen-bond acceptors (Lipinski definition) is 3. The second kappa shape index (κ2) is 10.8. The minimum absolute atomic E-state index is 0.0421. The standard InChI is InChI=1S/C22H26ClFN2O3/c1-4-20(22(28)25-15(2)3)26(13-16-5-7-17(23)8-6-16)21(27)14-29-19-11-9-18(24)10-12-19/h5-12,15,20H,4,13-14H2,1-3H3,(H,25,28)/t20-/m1/s1. The Morgan fingerprint density at radius 3 is 2.28 bits per heavy atom. The van der Waals surface area contributed by atoms with Crippen LogP contribution in [0.2, 0.25) is 5.02 Å². The van der Waals surface area contributed by atoms with Crippen molar-refractivity contribution in [1.82, 2.24) is 10.2 Å². The van der Waals surface area contributed by atoms with Crippen LogP contribution in [-0.2, 0) is 16.1 Å². The van der Waals surface area contributed by atoms with Crippen molar-refractivity contribution in [2.45, 2.75) is 45.8 Å². The number of rotatable bonds is 9. The topological polar surface area (TPSA) is 58.6 Å². The lowest BCUT2D eigenvalue weighted by atomic mass is 10.1. The van der Waals surface area contributed by atoms with Crippen LogP contribution in [0.1, 0.15) is 32.8 Å². The Morgan fingerprint density at radius 1 is 1.10 bits per heavy atom. The quantitative estimate of drug-likeness (QED) is 0.661. The Bertz CT molecular complexity index is 810. The van der Waals surface area contributed by atoms with Gasteiger partial charge in [0.1, 0.15) is 17.6 Å². The van der Waals surface area contributed by atoms with Gasteiger partial charge in [-0.3, -0.25) is 9.59 Å². The molecule has 2 amide bonds. The van der Waals surface area contributed by atoms with Gasteiger partial charge in [0.15, 0.2) is 6.61 Å². The highest BCUT2D eigenvalue weighted by molar-refractivity contribution is 6.30. The van der Waals surface area contributed by atoms with Crippen LogP contribution in [-0.4, -0.2) is 35.4 Å². The fourth-order valence-electron chi connectivity index (χ4n) is 2.85. The second-order valence-electron chi connectivity index (χ2n) is 6.98. The number of halogens is 2. The summed E-state index contributed by atoms with van der Waals surface area (Å²) in [7, 11) is 0. The van der Waals surface area contributed by atoms with Crippen molar-refractivity contribution >= 4 is 23.4 Å². The summed E-state index contributed by atoms with van der Waals surface area (Å²) in [4.78, 5) is 27.1. The summed E-state index contributed by atoms with van der Waals surface area (Å²) in [5, 5.41) is 3.46. The van der Waals surface area contributed by atoms with Crippen LogP contribution < -0.4 is 10.1 Å². The van der Waals surface area contributed by atoms with Gasteiger partial charge in [0, 0.05) is 17.6 Å². The van der Waals surface area contributed by atoms with Crippen LogP contribution in [0.3, 0.4) is 0 Å². The summed E-state index contributed by atoms with van der Waals surface area (Å²) < 4.78 is 18.5. The average Bonchev–Trinajstić information content (AvgIpc) is 2.68. The molecule has 29 heavy (non-hydrogen) atoms. The molecule has 0 fully saturated rings. The molecule has 0 bridgehead atoms. The monoisotopic (exact) mass is 420 g/mol. The summed E-state index contributed by atoms with van der Waals surface area (Å²) in [6.45, 7) is 5.58. The highest BCUT2D eigenvalue weighted by atomic mass is 35.5. The maximum Gasteiger partial charge on any atom is 0.261 e. The van der Waals surface area contributed by atoms with E-state index in [1.54, 1.807) is 12.1 Å². The van der Waals surface area contributed by atoms with E-state index < -0.39 is 6.04 Å². The Hall–Kier alpha value is -2.60. The first-order valence-electron chi connectivity index (χ1n) is 9.52. The van der Waals surface area contributed by atoms with E-state index in [0.717, 1.165) is 5.56 Å². The molecule has 0 aromatic heterocycles. The molecule has 2 rings (SSSR count). The van der Waals surface area contributed by atoms with E-state index >= 15 is 0 Å². The summed E-state index contributed by atoms with van der Waals surface area (Å²) in [6, 6.07) is 11.9. The minimum Gasteiger partial charge on any atom is -0.484 e. The number of carbonyl (C=O) groups excluding carboxylic acids is 2. The van der Waals surface area contributed by atoms with Gasteiger partial charge in [0.05, 0.1) is 0 Å². The molecule has 0 spiro atoms. The molecular formula is C22H26ClFN2O3. The maximum atomic E-state index is 13.0. The molecule has 0 aliphatic carbocycles. The molecule has 0 heterocycles. The number of hydrogen-bond donors (Lipinski definition) is 1. The molecule has 7 heteroatoms. The van der Waals surface area contributed by atoms with Crippen molar-refractivity contribution in [2.24, 2.45) is 0 Å². The molecule has 2 aromatic rings. The predicted octanol–water partition coefficient (Wildman–Crippen LogP) is 4.19. The minimum atomic E-state index is -0.641.